The summed E-state index contributed by atoms with van der Waals surface area (Å²) in [5.41, 5.74) is 12.0. The second-order valence-electron chi connectivity index (χ2n) is 9.58. The average molecular weight is 531 g/mol. The maximum absolute atomic E-state index is 12.2. The third-order valence-corrected chi connectivity index (χ3v) is 6.83. The van der Waals surface area contributed by atoms with E-state index < -0.39 is 0 Å². The fraction of sp³-hybridized carbons (Fsp3) is 0.286. The van der Waals surface area contributed by atoms with Gasteiger partial charge >= 0.3 is 0 Å². The molecule has 3 aromatic heterocycles. The van der Waals surface area contributed by atoms with Crippen LogP contribution in [0.2, 0.25) is 5.02 Å². The molecule has 1 aliphatic rings. The number of benzene rings is 1. The van der Waals surface area contributed by atoms with E-state index in [2.05, 4.69) is 43.7 Å². The predicted molar refractivity (Wildman–Crippen MR) is 148 cm³/mol. The van der Waals surface area contributed by atoms with E-state index in [-0.39, 0.29) is 11.6 Å². The number of aromatic nitrogens is 4. The van der Waals surface area contributed by atoms with Crippen LogP contribution in [0.1, 0.15) is 48.7 Å². The van der Waals surface area contributed by atoms with Crippen molar-refractivity contribution in [1.82, 2.24) is 30.5 Å². The number of H-pyrrole nitrogens is 1. The van der Waals surface area contributed by atoms with E-state index in [0.717, 1.165) is 52.3 Å². The fourth-order valence-electron chi connectivity index (χ4n) is 4.46. The van der Waals surface area contributed by atoms with Gasteiger partial charge in [0.25, 0.3) is 5.91 Å². The first-order valence-electron chi connectivity index (χ1n) is 12.8. The zero-order valence-electron chi connectivity index (χ0n) is 21.0. The first-order valence-corrected chi connectivity index (χ1v) is 13.2. The standard InChI is InChI=1S/C28H31ClN8O/c29-20-11-9-18(10-12-20)25-23-15-21(35-36-27(23)34-26(25)19-7-8-19)5-2-4-14-37(31)17-24(30)28(38)33-16-22-6-1-3-13-32-22/h1,3,6,9-13,15,17,19H,2,4-5,7-8,14,16,30-31H2,(H,33,38)(H,34,36)/b24-17-. The maximum Gasteiger partial charge on any atom is 0.269 e. The van der Waals surface area contributed by atoms with Gasteiger partial charge in [0.2, 0.25) is 0 Å². The molecular weight excluding hydrogens is 500 g/mol. The minimum Gasteiger partial charge on any atom is -0.393 e. The minimum absolute atomic E-state index is 0.0494. The number of pyridine rings is 1. The number of hydrogen-bond acceptors (Lipinski definition) is 7. The molecule has 0 aliphatic heterocycles. The first-order chi connectivity index (χ1) is 18.5. The van der Waals surface area contributed by atoms with Gasteiger partial charge in [0.05, 0.1) is 17.9 Å². The molecule has 0 atom stereocenters. The summed E-state index contributed by atoms with van der Waals surface area (Å²) in [6.45, 7) is 0.850. The van der Waals surface area contributed by atoms with Gasteiger partial charge in [0, 0.05) is 40.6 Å². The number of carbonyl (C=O) groups is 1. The van der Waals surface area contributed by atoms with Crippen LogP contribution in [0.4, 0.5) is 0 Å². The highest BCUT2D eigenvalue weighted by Gasteiger charge is 2.30. The molecule has 10 heteroatoms. The smallest absolute Gasteiger partial charge is 0.269 e. The Balaban J connectivity index is 1.16. The second kappa shape index (κ2) is 11.6. The van der Waals surface area contributed by atoms with Crippen LogP contribution in [-0.2, 0) is 17.8 Å². The third kappa shape index (κ3) is 6.30. The van der Waals surface area contributed by atoms with Gasteiger partial charge < -0.3 is 21.0 Å². The average Bonchev–Trinajstić information content (AvgIpc) is 3.71. The van der Waals surface area contributed by atoms with E-state index in [1.54, 1.807) is 6.20 Å². The van der Waals surface area contributed by atoms with Crippen molar-refractivity contribution in [3.05, 3.63) is 88.7 Å². The van der Waals surface area contributed by atoms with Crippen LogP contribution in [0, 0.1) is 0 Å². The summed E-state index contributed by atoms with van der Waals surface area (Å²) >= 11 is 6.13. The number of rotatable bonds is 11. The predicted octanol–water partition coefficient (Wildman–Crippen LogP) is 4.17. The Hall–Kier alpha value is -3.95. The number of aryl methyl sites for hydroxylation is 1. The van der Waals surface area contributed by atoms with Crippen molar-refractivity contribution in [2.75, 3.05) is 6.54 Å². The van der Waals surface area contributed by atoms with Crippen molar-refractivity contribution >= 4 is 28.5 Å². The van der Waals surface area contributed by atoms with Crippen molar-refractivity contribution < 1.29 is 4.79 Å². The Labute approximate surface area is 226 Å². The highest BCUT2D eigenvalue weighted by molar-refractivity contribution is 6.30. The van der Waals surface area contributed by atoms with E-state index in [4.69, 9.17) is 23.2 Å². The molecule has 6 N–H and O–H groups in total. The molecule has 196 valence electrons. The SMILES string of the molecule is N/C(=C\N(N)CCCCc1cc2c(-c3ccc(Cl)cc3)c(C3CC3)[nH]c2nn1)C(=O)NCc1ccccn1. The molecule has 0 radical (unpaired) electrons. The number of hydrazine groups is 1. The van der Waals surface area contributed by atoms with Gasteiger partial charge in [0.15, 0.2) is 5.65 Å². The molecule has 38 heavy (non-hydrogen) atoms. The zero-order valence-corrected chi connectivity index (χ0v) is 21.8. The van der Waals surface area contributed by atoms with E-state index in [1.165, 1.54) is 35.3 Å². The van der Waals surface area contributed by atoms with Gasteiger partial charge in [-0.15, -0.1) is 5.10 Å². The van der Waals surface area contributed by atoms with Crippen molar-refractivity contribution in [1.29, 1.82) is 0 Å². The highest BCUT2D eigenvalue weighted by atomic mass is 35.5. The summed E-state index contributed by atoms with van der Waals surface area (Å²) in [7, 11) is 0. The Morgan fingerprint density at radius 3 is 2.68 bits per heavy atom. The van der Waals surface area contributed by atoms with E-state index in [9.17, 15) is 4.79 Å². The summed E-state index contributed by atoms with van der Waals surface area (Å²) < 4.78 is 0. The first kappa shape index (κ1) is 25.7. The topological polar surface area (TPSA) is 139 Å². The molecule has 1 amide bonds. The third-order valence-electron chi connectivity index (χ3n) is 6.58. The van der Waals surface area contributed by atoms with Gasteiger partial charge in [-0.25, -0.2) is 5.84 Å². The Bertz CT molecular complexity index is 1430. The summed E-state index contributed by atoms with van der Waals surface area (Å²) in [6, 6.07) is 15.6. The maximum atomic E-state index is 12.2. The van der Waals surface area contributed by atoms with Gasteiger partial charge in [-0.3, -0.25) is 9.78 Å². The molecule has 0 unspecified atom stereocenters. The number of hydrogen-bond donors (Lipinski definition) is 4. The van der Waals surface area contributed by atoms with E-state index in [1.807, 2.05) is 30.3 Å². The van der Waals surface area contributed by atoms with Gasteiger partial charge in [-0.05, 0) is 73.9 Å². The van der Waals surface area contributed by atoms with Crippen LogP contribution in [0.5, 0.6) is 0 Å². The Morgan fingerprint density at radius 1 is 1.13 bits per heavy atom. The second-order valence-corrected chi connectivity index (χ2v) is 10.0. The molecule has 1 aliphatic carbocycles. The number of carbonyl (C=O) groups excluding carboxylic acids is 1. The molecule has 1 fully saturated rings. The number of fused-ring (bicyclic) bond motifs is 1. The lowest BCUT2D eigenvalue weighted by atomic mass is 10.0. The van der Waals surface area contributed by atoms with Crippen LogP contribution in [0.3, 0.4) is 0 Å². The van der Waals surface area contributed by atoms with Gasteiger partial charge in [0.1, 0.15) is 5.70 Å². The number of nitrogens with two attached hydrogens (primary N) is 2. The number of unbranched alkanes of at least 4 members (excludes halogenated alkanes) is 1. The molecule has 9 nitrogen and oxygen atoms in total. The quantitative estimate of drug-likeness (QED) is 0.0987. The number of nitrogens with one attached hydrogen (secondary N) is 2. The summed E-state index contributed by atoms with van der Waals surface area (Å²) in [5.74, 6) is 6.21. The van der Waals surface area contributed by atoms with Crippen LogP contribution >= 0.6 is 11.6 Å². The lowest BCUT2D eigenvalue weighted by Crippen LogP contribution is -2.33. The van der Waals surface area contributed by atoms with Crippen molar-refractivity contribution in [3.8, 4) is 11.1 Å². The summed E-state index contributed by atoms with van der Waals surface area (Å²) in [5, 5.41) is 14.9. The summed E-state index contributed by atoms with van der Waals surface area (Å²) in [4.78, 5) is 19.9. The van der Waals surface area contributed by atoms with Crippen molar-refractivity contribution in [2.24, 2.45) is 11.6 Å². The number of aromatic amines is 1. The molecule has 1 saturated carbocycles. The normalized spacial score (nSPS) is 13.6. The Morgan fingerprint density at radius 2 is 1.95 bits per heavy atom. The van der Waals surface area contributed by atoms with E-state index in [0.29, 0.717) is 19.0 Å². The largest absolute Gasteiger partial charge is 0.393 e. The molecule has 0 spiro atoms. The molecule has 0 saturated heterocycles. The molecule has 3 heterocycles. The van der Waals surface area contributed by atoms with E-state index >= 15 is 0 Å². The van der Waals surface area contributed by atoms with Crippen LogP contribution < -0.4 is 16.9 Å². The van der Waals surface area contributed by atoms with Crippen molar-refractivity contribution in [2.45, 2.75) is 44.6 Å². The summed E-state index contributed by atoms with van der Waals surface area (Å²) in [6.07, 6.45) is 7.95. The molecule has 1 aromatic carbocycles. The van der Waals surface area contributed by atoms with Crippen LogP contribution in [0.15, 0.2) is 66.6 Å². The lowest BCUT2D eigenvalue weighted by Gasteiger charge is -2.14. The van der Waals surface area contributed by atoms with Gasteiger partial charge in [-0.2, -0.15) is 5.10 Å². The number of amides is 1. The highest BCUT2D eigenvalue weighted by Crippen LogP contribution is 2.46. The van der Waals surface area contributed by atoms with Gasteiger partial charge in [-0.1, -0.05) is 29.8 Å². The van der Waals surface area contributed by atoms with Crippen LogP contribution in [-0.4, -0.2) is 37.6 Å². The monoisotopic (exact) mass is 530 g/mol. The number of nitrogens with zero attached hydrogens (tertiary/aromatic N) is 4. The molecule has 0 bridgehead atoms. The lowest BCUT2D eigenvalue weighted by molar-refractivity contribution is -0.117. The minimum atomic E-state index is -0.386. The van der Waals surface area contributed by atoms with Crippen molar-refractivity contribution in [3.63, 3.8) is 0 Å². The fourth-order valence-corrected chi connectivity index (χ4v) is 4.58. The zero-order chi connectivity index (χ0) is 26.5. The molecule has 5 rings (SSSR count). The van der Waals surface area contributed by atoms with Crippen LogP contribution in [0.25, 0.3) is 22.2 Å². The number of halogens is 1. The Kier molecular flexibility index (Phi) is 7.86. The molecule has 4 aromatic rings. The molecular formula is C28H31ClN8O.